The quantitative estimate of drug-likeness (QED) is 0.565. The largest absolute Gasteiger partial charge is 0.495 e. The fourth-order valence-corrected chi connectivity index (χ4v) is 2.34. The molecule has 0 saturated carbocycles. The molecule has 0 saturated heterocycles. The molecular formula is C17H18N6O4. The number of amides is 2. The van der Waals surface area contributed by atoms with Crippen LogP contribution in [-0.4, -0.2) is 33.9 Å². The van der Waals surface area contributed by atoms with E-state index < -0.39 is 11.8 Å². The Labute approximate surface area is 154 Å². The number of benzene rings is 1. The van der Waals surface area contributed by atoms with E-state index in [1.54, 1.807) is 36.4 Å². The Bertz CT molecular complexity index is 935. The first-order chi connectivity index (χ1) is 13.1. The molecule has 0 radical (unpaired) electrons. The second-order valence-electron chi connectivity index (χ2n) is 5.49. The summed E-state index contributed by atoms with van der Waals surface area (Å²) in [5, 5.41) is 12.8. The van der Waals surface area contributed by atoms with Crippen LogP contribution in [0.15, 0.2) is 47.1 Å². The van der Waals surface area contributed by atoms with Crippen LogP contribution in [0, 0.1) is 0 Å². The molecule has 10 heteroatoms. The van der Waals surface area contributed by atoms with Crippen molar-refractivity contribution in [2.45, 2.75) is 13.1 Å². The zero-order chi connectivity index (χ0) is 19.2. The van der Waals surface area contributed by atoms with E-state index in [4.69, 9.17) is 14.9 Å². The van der Waals surface area contributed by atoms with Crippen LogP contribution in [0.5, 0.6) is 5.75 Å². The van der Waals surface area contributed by atoms with Gasteiger partial charge in [0.25, 0.3) is 5.91 Å². The van der Waals surface area contributed by atoms with E-state index in [9.17, 15) is 9.59 Å². The van der Waals surface area contributed by atoms with E-state index >= 15 is 0 Å². The van der Waals surface area contributed by atoms with E-state index in [-0.39, 0.29) is 24.6 Å². The van der Waals surface area contributed by atoms with Crippen LogP contribution in [0.25, 0.3) is 0 Å². The molecule has 2 amide bonds. The number of methoxy groups -OCH3 is 1. The Morgan fingerprint density at radius 1 is 1.26 bits per heavy atom. The van der Waals surface area contributed by atoms with Crippen molar-refractivity contribution in [1.29, 1.82) is 0 Å². The summed E-state index contributed by atoms with van der Waals surface area (Å²) in [4.78, 5) is 24.4. The van der Waals surface area contributed by atoms with Crippen molar-refractivity contribution in [3.05, 3.63) is 54.1 Å². The van der Waals surface area contributed by atoms with Gasteiger partial charge in [-0.3, -0.25) is 9.59 Å². The maximum atomic E-state index is 12.2. The van der Waals surface area contributed by atoms with Gasteiger partial charge in [-0.05, 0) is 24.3 Å². The lowest BCUT2D eigenvalue weighted by Gasteiger charge is -2.10. The highest BCUT2D eigenvalue weighted by Gasteiger charge is 2.19. The summed E-state index contributed by atoms with van der Waals surface area (Å²) in [7, 11) is 1.51. The maximum absolute atomic E-state index is 12.2. The third-order valence-corrected chi connectivity index (χ3v) is 3.67. The first-order valence-corrected chi connectivity index (χ1v) is 8.01. The zero-order valence-corrected chi connectivity index (χ0v) is 14.5. The Balaban J connectivity index is 1.62. The fourth-order valence-electron chi connectivity index (χ4n) is 2.34. The Hall–Kier alpha value is -3.82. The molecule has 4 N–H and O–H groups in total. The normalized spacial score (nSPS) is 10.4. The van der Waals surface area contributed by atoms with Gasteiger partial charge in [-0.15, -0.1) is 5.10 Å². The monoisotopic (exact) mass is 370 g/mol. The number of carbonyl (C=O) groups is 2. The predicted octanol–water partition coefficient (Wildman–Crippen LogP) is 1.03. The highest BCUT2D eigenvalue weighted by atomic mass is 16.5. The molecule has 3 rings (SSSR count). The van der Waals surface area contributed by atoms with Gasteiger partial charge in [0.15, 0.2) is 11.5 Å². The van der Waals surface area contributed by atoms with Crippen molar-refractivity contribution in [2.24, 2.45) is 0 Å². The van der Waals surface area contributed by atoms with Gasteiger partial charge in [0.1, 0.15) is 18.1 Å². The summed E-state index contributed by atoms with van der Waals surface area (Å²) in [6.07, 6.45) is 1.51. The summed E-state index contributed by atoms with van der Waals surface area (Å²) < 4.78 is 11.5. The average Bonchev–Trinajstić information content (AvgIpc) is 3.31. The zero-order valence-electron chi connectivity index (χ0n) is 14.5. The number of hydrogen-bond acceptors (Lipinski definition) is 7. The Morgan fingerprint density at radius 3 is 2.81 bits per heavy atom. The molecule has 0 aliphatic rings. The lowest BCUT2D eigenvalue weighted by molar-refractivity contribution is -0.116. The molecule has 27 heavy (non-hydrogen) atoms. The lowest BCUT2D eigenvalue weighted by Crippen LogP contribution is -2.25. The lowest BCUT2D eigenvalue weighted by atomic mass is 10.3. The molecule has 0 spiro atoms. The van der Waals surface area contributed by atoms with E-state index in [0.717, 1.165) is 4.68 Å². The van der Waals surface area contributed by atoms with Gasteiger partial charge in [0.2, 0.25) is 5.91 Å². The maximum Gasteiger partial charge on any atom is 0.276 e. The van der Waals surface area contributed by atoms with Gasteiger partial charge >= 0.3 is 0 Å². The number of carbonyl (C=O) groups excluding carboxylic acids is 2. The van der Waals surface area contributed by atoms with Gasteiger partial charge in [-0.25, -0.2) is 4.68 Å². The minimum Gasteiger partial charge on any atom is -0.495 e. The number of furan rings is 1. The Morgan fingerprint density at radius 2 is 2.07 bits per heavy atom. The second-order valence-corrected chi connectivity index (χ2v) is 5.49. The van der Waals surface area contributed by atoms with Crippen molar-refractivity contribution < 1.29 is 18.7 Å². The molecule has 140 valence electrons. The van der Waals surface area contributed by atoms with Crippen molar-refractivity contribution >= 4 is 23.3 Å². The highest BCUT2D eigenvalue weighted by Crippen LogP contribution is 2.23. The molecule has 0 atom stereocenters. The van der Waals surface area contributed by atoms with Crippen LogP contribution in [0.3, 0.4) is 0 Å². The van der Waals surface area contributed by atoms with Crippen molar-refractivity contribution in [3.8, 4) is 5.75 Å². The molecular weight excluding hydrogens is 352 g/mol. The van der Waals surface area contributed by atoms with Crippen molar-refractivity contribution in [1.82, 2.24) is 20.3 Å². The van der Waals surface area contributed by atoms with Crippen LogP contribution in [0.4, 0.5) is 11.5 Å². The van der Waals surface area contributed by atoms with E-state index in [0.29, 0.717) is 17.2 Å². The number of anilines is 2. The van der Waals surface area contributed by atoms with Gasteiger partial charge in [0, 0.05) is 0 Å². The first kappa shape index (κ1) is 18.0. The van der Waals surface area contributed by atoms with Crippen LogP contribution in [0.1, 0.15) is 16.2 Å². The number of ether oxygens (including phenoxy) is 1. The standard InChI is InChI=1S/C17H18N6O4/c1-26-13-7-3-2-6-12(13)20-14(24)10-23-16(18)15(21-22-23)17(25)19-9-11-5-4-8-27-11/h2-8H,9-10,18H2,1H3,(H,19,25)(H,20,24). The number of nitrogens with two attached hydrogens (primary N) is 1. The van der Waals surface area contributed by atoms with Crippen molar-refractivity contribution in [2.75, 3.05) is 18.2 Å². The third kappa shape index (κ3) is 4.24. The van der Waals surface area contributed by atoms with E-state index in [2.05, 4.69) is 20.9 Å². The van der Waals surface area contributed by atoms with Gasteiger partial charge in [-0.2, -0.15) is 0 Å². The summed E-state index contributed by atoms with van der Waals surface area (Å²) in [5.74, 6) is 0.196. The number of hydrogen-bond donors (Lipinski definition) is 3. The highest BCUT2D eigenvalue weighted by molar-refractivity contribution is 5.97. The fraction of sp³-hybridized carbons (Fsp3) is 0.176. The molecule has 0 aliphatic carbocycles. The molecule has 10 nitrogen and oxygen atoms in total. The van der Waals surface area contributed by atoms with E-state index in [1.807, 2.05) is 0 Å². The predicted molar refractivity (Wildman–Crippen MR) is 95.9 cm³/mol. The van der Waals surface area contributed by atoms with Crippen LogP contribution < -0.4 is 21.1 Å². The van der Waals surface area contributed by atoms with Gasteiger partial charge in [0.05, 0.1) is 25.6 Å². The number of nitrogen functional groups attached to an aromatic ring is 1. The molecule has 0 aliphatic heterocycles. The molecule has 1 aromatic carbocycles. The molecule has 3 aromatic rings. The summed E-state index contributed by atoms with van der Waals surface area (Å²) in [5.41, 5.74) is 6.35. The number of rotatable bonds is 7. The number of nitrogens with one attached hydrogen (secondary N) is 2. The number of aromatic nitrogens is 3. The van der Waals surface area contributed by atoms with Gasteiger partial charge in [-0.1, -0.05) is 17.3 Å². The smallest absolute Gasteiger partial charge is 0.276 e. The number of nitrogens with zero attached hydrogens (tertiary/aromatic N) is 3. The average molecular weight is 370 g/mol. The number of para-hydroxylation sites is 2. The third-order valence-electron chi connectivity index (χ3n) is 3.67. The molecule has 0 unspecified atom stereocenters. The minimum atomic E-state index is -0.514. The first-order valence-electron chi connectivity index (χ1n) is 8.01. The molecule has 0 bridgehead atoms. The summed E-state index contributed by atoms with van der Waals surface area (Å²) in [6, 6.07) is 10.4. The van der Waals surface area contributed by atoms with E-state index in [1.165, 1.54) is 13.4 Å². The molecule has 2 aromatic heterocycles. The van der Waals surface area contributed by atoms with Crippen LogP contribution in [-0.2, 0) is 17.9 Å². The summed E-state index contributed by atoms with van der Waals surface area (Å²) >= 11 is 0. The van der Waals surface area contributed by atoms with Crippen molar-refractivity contribution in [3.63, 3.8) is 0 Å². The SMILES string of the molecule is COc1ccccc1NC(=O)Cn1nnc(C(=O)NCc2ccco2)c1N. The Kier molecular flexibility index (Phi) is 5.36. The summed E-state index contributed by atoms with van der Waals surface area (Å²) in [6.45, 7) is -0.0191. The van der Waals surface area contributed by atoms with Crippen LogP contribution >= 0.6 is 0 Å². The van der Waals surface area contributed by atoms with Crippen LogP contribution in [0.2, 0.25) is 0 Å². The van der Waals surface area contributed by atoms with Gasteiger partial charge < -0.3 is 25.5 Å². The second kappa shape index (κ2) is 8.04. The molecule has 0 fully saturated rings. The topological polar surface area (TPSA) is 137 Å². The minimum absolute atomic E-state index is 0.0119. The molecule has 2 heterocycles.